The second-order valence-corrected chi connectivity index (χ2v) is 15.6. The standard InChI is InChI=1S/C35H45Cl2NO6S/c1-22(39)35(16-13-30-28-10-5-24-21-26(41)11-14-33(24,3)29(28)12-15-34(30,35)4)44-31(42)32(43-23(2)40)45-27-8-6-25(7-9-27)38(19-17-36)20-18-37/h6-9,21,28-30,32H,5,10-20H2,1-4H3/t28-,29+,30+,32?,33+,34+,35+/m1/s1. The Morgan fingerprint density at radius 1 is 0.956 bits per heavy atom. The van der Waals surface area contributed by atoms with Crippen molar-refractivity contribution >= 4 is 64.2 Å². The van der Waals surface area contributed by atoms with Crippen LogP contribution in [0.25, 0.3) is 0 Å². The molecule has 0 aliphatic heterocycles. The van der Waals surface area contributed by atoms with Crippen molar-refractivity contribution in [3.8, 4) is 0 Å². The second kappa shape index (κ2) is 13.6. The number of rotatable bonds is 11. The molecule has 4 aliphatic carbocycles. The number of carbonyl (C=O) groups is 4. The number of ketones is 2. The van der Waals surface area contributed by atoms with E-state index in [1.165, 1.54) is 19.4 Å². The lowest BCUT2D eigenvalue weighted by molar-refractivity contribution is -0.194. The van der Waals surface area contributed by atoms with E-state index in [4.69, 9.17) is 32.7 Å². The molecular weight excluding hydrogens is 633 g/mol. The fraction of sp³-hybridized carbons (Fsp3) is 0.657. The Morgan fingerprint density at radius 2 is 1.62 bits per heavy atom. The van der Waals surface area contributed by atoms with Gasteiger partial charge in [-0.3, -0.25) is 14.4 Å². The number of nitrogens with zero attached hydrogens (tertiary/aromatic N) is 1. The molecule has 246 valence electrons. The number of hydrogen-bond acceptors (Lipinski definition) is 8. The molecule has 1 unspecified atom stereocenters. The van der Waals surface area contributed by atoms with Gasteiger partial charge < -0.3 is 14.4 Å². The maximum atomic E-state index is 13.9. The Balaban J connectivity index is 1.36. The first-order chi connectivity index (χ1) is 21.4. The first-order valence-corrected chi connectivity index (χ1v) is 18.1. The molecule has 0 bridgehead atoms. The van der Waals surface area contributed by atoms with Crippen molar-refractivity contribution in [1.82, 2.24) is 0 Å². The summed E-state index contributed by atoms with van der Waals surface area (Å²) in [5, 5.41) is 0. The van der Waals surface area contributed by atoms with Gasteiger partial charge in [-0.05, 0) is 105 Å². The van der Waals surface area contributed by atoms with Crippen molar-refractivity contribution in [3.63, 3.8) is 0 Å². The summed E-state index contributed by atoms with van der Waals surface area (Å²) in [6.07, 6.45) is 8.21. The van der Waals surface area contributed by atoms with Crippen LogP contribution in [0.15, 0.2) is 40.8 Å². The molecular formula is C35H45Cl2NO6S. The number of Topliss-reactive ketones (excluding diaryl/α,β-unsaturated/α-hetero) is 1. The van der Waals surface area contributed by atoms with Crippen LogP contribution in [0.5, 0.6) is 0 Å². The van der Waals surface area contributed by atoms with Gasteiger partial charge in [0.15, 0.2) is 17.2 Å². The highest BCUT2D eigenvalue weighted by Crippen LogP contribution is 2.68. The Hall–Kier alpha value is -2.03. The Bertz CT molecular complexity index is 1350. The first kappa shape index (κ1) is 34.3. The largest absolute Gasteiger partial charge is 0.447 e. The highest BCUT2D eigenvalue weighted by molar-refractivity contribution is 8.00. The van der Waals surface area contributed by atoms with Crippen molar-refractivity contribution in [1.29, 1.82) is 0 Å². The van der Waals surface area contributed by atoms with Gasteiger partial charge in [-0.2, -0.15) is 0 Å². The van der Waals surface area contributed by atoms with E-state index in [9.17, 15) is 19.2 Å². The number of carbonyl (C=O) groups excluding carboxylic acids is 4. The van der Waals surface area contributed by atoms with Crippen LogP contribution in [0.2, 0.25) is 0 Å². The van der Waals surface area contributed by atoms with Gasteiger partial charge in [0.25, 0.3) is 0 Å². The lowest BCUT2D eigenvalue weighted by Gasteiger charge is -2.59. The number of thioether (sulfide) groups is 1. The number of hydrogen-bond donors (Lipinski definition) is 0. The van der Waals surface area contributed by atoms with Crippen LogP contribution < -0.4 is 4.90 Å². The molecule has 7 atom stereocenters. The highest BCUT2D eigenvalue weighted by Gasteiger charge is 2.68. The molecule has 5 rings (SSSR count). The van der Waals surface area contributed by atoms with Gasteiger partial charge >= 0.3 is 11.9 Å². The Kier molecular flexibility index (Phi) is 10.4. The predicted octanol–water partition coefficient (Wildman–Crippen LogP) is 7.35. The zero-order chi connectivity index (χ0) is 32.6. The summed E-state index contributed by atoms with van der Waals surface area (Å²) >= 11 is 13.0. The average Bonchev–Trinajstić information content (AvgIpc) is 3.30. The molecule has 4 aliphatic rings. The van der Waals surface area contributed by atoms with Gasteiger partial charge in [0, 0.05) is 54.2 Å². The van der Waals surface area contributed by atoms with E-state index in [0.29, 0.717) is 49.5 Å². The minimum atomic E-state index is -1.29. The smallest absolute Gasteiger partial charge is 0.359 e. The quantitative estimate of drug-likeness (QED) is 0.104. The summed E-state index contributed by atoms with van der Waals surface area (Å²) in [7, 11) is 0. The third kappa shape index (κ3) is 6.32. The minimum Gasteiger partial charge on any atom is -0.447 e. The highest BCUT2D eigenvalue weighted by atomic mass is 35.5. The lowest BCUT2D eigenvalue weighted by atomic mass is 9.46. The molecule has 3 saturated carbocycles. The predicted molar refractivity (Wildman–Crippen MR) is 178 cm³/mol. The minimum absolute atomic E-state index is 0.00783. The maximum absolute atomic E-state index is 13.9. The summed E-state index contributed by atoms with van der Waals surface area (Å²) < 4.78 is 11.8. The lowest BCUT2D eigenvalue weighted by Crippen LogP contribution is -2.59. The van der Waals surface area contributed by atoms with Gasteiger partial charge in [-0.1, -0.05) is 31.2 Å². The third-order valence-corrected chi connectivity index (χ3v) is 12.9. The topological polar surface area (TPSA) is 90.0 Å². The molecule has 1 aromatic rings. The number of esters is 2. The SMILES string of the molecule is CC(=O)OC(Sc1ccc(N(CCCl)CCCl)cc1)C(=O)O[C@]1(C(C)=O)CC[C@H]2[C@@H]3CCC4=CC(=O)CC[C@]4(C)[C@H]3CC[C@@]21C. The number of fused-ring (bicyclic) bond motifs is 5. The normalized spacial score (nSPS) is 32.8. The molecule has 10 heteroatoms. The molecule has 0 spiro atoms. The van der Waals surface area contributed by atoms with Gasteiger partial charge in [0.2, 0.25) is 5.44 Å². The molecule has 0 amide bonds. The van der Waals surface area contributed by atoms with E-state index >= 15 is 0 Å². The molecule has 3 fully saturated rings. The zero-order valence-electron chi connectivity index (χ0n) is 26.7. The first-order valence-electron chi connectivity index (χ1n) is 16.2. The summed E-state index contributed by atoms with van der Waals surface area (Å²) in [6.45, 7) is 8.55. The van der Waals surface area contributed by atoms with E-state index in [-0.39, 0.29) is 22.9 Å². The van der Waals surface area contributed by atoms with Gasteiger partial charge in [-0.25, -0.2) is 4.79 Å². The van der Waals surface area contributed by atoms with E-state index < -0.39 is 28.4 Å². The van der Waals surface area contributed by atoms with Crippen LogP contribution >= 0.6 is 35.0 Å². The molecule has 7 nitrogen and oxygen atoms in total. The van der Waals surface area contributed by atoms with Crippen molar-refractivity contribution in [2.24, 2.45) is 28.6 Å². The van der Waals surface area contributed by atoms with Gasteiger partial charge in [0.05, 0.1) is 0 Å². The number of benzene rings is 1. The fourth-order valence-electron chi connectivity index (χ4n) is 9.30. The zero-order valence-corrected chi connectivity index (χ0v) is 29.1. The van der Waals surface area contributed by atoms with Crippen LogP contribution in [-0.4, -0.2) is 59.4 Å². The molecule has 0 heterocycles. The molecule has 0 radical (unpaired) electrons. The fourth-order valence-corrected chi connectivity index (χ4v) is 10.6. The van der Waals surface area contributed by atoms with E-state index in [1.807, 2.05) is 30.3 Å². The van der Waals surface area contributed by atoms with Crippen molar-refractivity contribution in [3.05, 3.63) is 35.9 Å². The van der Waals surface area contributed by atoms with Crippen molar-refractivity contribution in [2.75, 3.05) is 29.7 Å². The summed E-state index contributed by atoms with van der Waals surface area (Å²) in [5.41, 5.74) is -0.821. The summed E-state index contributed by atoms with van der Waals surface area (Å²) in [6, 6.07) is 7.56. The molecule has 0 aromatic heterocycles. The monoisotopic (exact) mass is 677 g/mol. The number of ether oxygens (including phenoxy) is 2. The number of alkyl halides is 2. The van der Waals surface area contributed by atoms with Crippen LogP contribution in [0.4, 0.5) is 5.69 Å². The second-order valence-electron chi connectivity index (χ2n) is 13.7. The summed E-state index contributed by atoms with van der Waals surface area (Å²) in [5.74, 6) is 0.759. The number of halogens is 2. The van der Waals surface area contributed by atoms with E-state index in [0.717, 1.165) is 60.9 Å². The van der Waals surface area contributed by atoms with Gasteiger partial charge in [-0.15, -0.1) is 23.2 Å². The molecule has 0 saturated heterocycles. The average molecular weight is 679 g/mol. The maximum Gasteiger partial charge on any atom is 0.359 e. The van der Waals surface area contributed by atoms with Gasteiger partial charge in [0.1, 0.15) is 0 Å². The number of allylic oxidation sites excluding steroid dienone is 1. The van der Waals surface area contributed by atoms with Crippen LogP contribution in [0, 0.1) is 28.6 Å². The van der Waals surface area contributed by atoms with Crippen LogP contribution in [0.3, 0.4) is 0 Å². The number of anilines is 1. The van der Waals surface area contributed by atoms with E-state index in [2.05, 4.69) is 18.7 Å². The van der Waals surface area contributed by atoms with Crippen molar-refractivity contribution < 1.29 is 28.7 Å². The molecule has 0 N–H and O–H groups in total. The Labute approximate surface area is 281 Å². The summed E-state index contributed by atoms with van der Waals surface area (Å²) in [4.78, 5) is 54.7. The van der Waals surface area contributed by atoms with Crippen LogP contribution in [-0.2, 0) is 28.7 Å². The molecule has 1 aromatic carbocycles. The molecule has 45 heavy (non-hydrogen) atoms. The Morgan fingerprint density at radius 3 is 2.24 bits per heavy atom. The van der Waals surface area contributed by atoms with Crippen LogP contribution in [0.1, 0.15) is 79.1 Å². The van der Waals surface area contributed by atoms with Crippen molar-refractivity contribution in [2.45, 2.75) is 95.0 Å². The third-order valence-electron chi connectivity index (χ3n) is 11.5. The van der Waals surface area contributed by atoms with E-state index in [1.54, 1.807) is 0 Å².